The average Bonchev–Trinajstić information content (AvgIpc) is 2.39. The van der Waals surface area contributed by atoms with Crippen LogP contribution in [0, 0.1) is 5.41 Å². The summed E-state index contributed by atoms with van der Waals surface area (Å²) < 4.78 is 10.8. The zero-order chi connectivity index (χ0) is 14.5. The monoisotopic (exact) mass is 268 g/mol. The number of benzene rings is 1. The van der Waals surface area contributed by atoms with Crippen LogP contribution in [0.25, 0.3) is 0 Å². The predicted octanol–water partition coefficient (Wildman–Crippen LogP) is -0.329. The van der Waals surface area contributed by atoms with Crippen LogP contribution in [0.4, 0.5) is 0 Å². The van der Waals surface area contributed by atoms with Crippen LogP contribution in [0.3, 0.4) is 0 Å². The molecule has 0 unspecified atom stereocenters. The third-order valence-electron chi connectivity index (χ3n) is 3.23. The van der Waals surface area contributed by atoms with Gasteiger partial charge in [-0.25, -0.2) is 0 Å². The van der Waals surface area contributed by atoms with Crippen molar-refractivity contribution in [1.82, 2.24) is 0 Å². The normalized spacial score (nSPS) is 12.2. The van der Waals surface area contributed by atoms with Crippen LogP contribution < -0.4 is 28.7 Å². The SMILES string of the molecule is C=C[C@H](OCc1ccc(OC)cc1)C(C)(C)C(=C)[O-].[Li+]. The fourth-order valence-electron chi connectivity index (χ4n) is 1.64. The molecule has 1 aromatic rings. The first-order chi connectivity index (χ1) is 8.91. The molecule has 0 heterocycles. The third kappa shape index (κ3) is 4.76. The molecule has 0 aliphatic rings. The first kappa shape index (κ1) is 18.9. The minimum atomic E-state index is -0.672. The minimum absolute atomic E-state index is 0. The Morgan fingerprint density at radius 1 is 1.35 bits per heavy atom. The zero-order valence-corrected chi connectivity index (χ0v) is 12.8. The molecule has 0 fully saturated rings. The van der Waals surface area contributed by atoms with Crippen molar-refractivity contribution >= 4 is 0 Å². The van der Waals surface area contributed by atoms with Gasteiger partial charge in [0.25, 0.3) is 0 Å². The molecule has 0 aromatic heterocycles. The summed E-state index contributed by atoms with van der Waals surface area (Å²) in [4.78, 5) is 0. The van der Waals surface area contributed by atoms with Gasteiger partial charge < -0.3 is 14.6 Å². The van der Waals surface area contributed by atoms with Gasteiger partial charge in [-0.05, 0) is 17.7 Å². The summed E-state index contributed by atoms with van der Waals surface area (Å²) >= 11 is 0. The molecule has 0 spiro atoms. The maximum absolute atomic E-state index is 11.5. The van der Waals surface area contributed by atoms with Gasteiger partial charge in [0, 0.05) is 5.41 Å². The van der Waals surface area contributed by atoms with Crippen LogP contribution in [-0.2, 0) is 11.3 Å². The van der Waals surface area contributed by atoms with E-state index >= 15 is 0 Å². The number of hydrogen-bond donors (Lipinski definition) is 0. The molecule has 1 atom stereocenters. The van der Waals surface area contributed by atoms with Gasteiger partial charge in [-0.1, -0.05) is 32.1 Å². The van der Waals surface area contributed by atoms with Gasteiger partial charge >= 0.3 is 18.9 Å². The van der Waals surface area contributed by atoms with Crippen LogP contribution in [-0.4, -0.2) is 13.2 Å². The van der Waals surface area contributed by atoms with Crippen molar-refractivity contribution in [3.05, 3.63) is 54.8 Å². The second kappa shape index (κ2) is 8.21. The molecule has 1 aromatic carbocycles. The van der Waals surface area contributed by atoms with Crippen molar-refractivity contribution in [1.29, 1.82) is 0 Å². The van der Waals surface area contributed by atoms with E-state index in [0.717, 1.165) is 11.3 Å². The number of hydrogen-bond acceptors (Lipinski definition) is 3. The quantitative estimate of drug-likeness (QED) is 0.386. The number of rotatable bonds is 7. The molecular weight excluding hydrogens is 247 g/mol. The Morgan fingerprint density at radius 3 is 2.30 bits per heavy atom. The summed E-state index contributed by atoms with van der Waals surface area (Å²) in [7, 11) is 1.63. The molecule has 0 aliphatic heterocycles. The van der Waals surface area contributed by atoms with Crippen LogP contribution in [0.15, 0.2) is 49.3 Å². The van der Waals surface area contributed by atoms with Gasteiger partial charge in [0.15, 0.2) is 0 Å². The summed E-state index contributed by atoms with van der Waals surface area (Å²) in [6, 6.07) is 7.61. The molecule has 0 saturated heterocycles. The predicted molar refractivity (Wildman–Crippen MR) is 74.7 cm³/mol. The van der Waals surface area contributed by atoms with Gasteiger partial charge in [-0.15, -0.1) is 18.9 Å². The van der Waals surface area contributed by atoms with Crippen LogP contribution in [0.2, 0.25) is 0 Å². The molecule has 0 radical (unpaired) electrons. The fraction of sp³-hybridized carbons (Fsp3) is 0.375. The minimum Gasteiger partial charge on any atom is -0.875 e. The molecular formula is C16H21LiO3. The summed E-state index contributed by atoms with van der Waals surface area (Å²) in [5.74, 6) is 0.643. The van der Waals surface area contributed by atoms with Crippen molar-refractivity contribution in [2.24, 2.45) is 5.41 Å². The molecule has 1 rings (SSSR count). The molecule has 0 bridgehead atoms. The molecule has 0 N–H and O–H groups in total. The molecule has 0 amide bonds. The molecule has 104 valence electrons. The van der Waals surface area contributed by atoms with Crippen molar-refractivity contribution < 1.29 is 33.4 Å². The molecule has 0 saturated carbocycles. The van der Waals surface area contributed by atoms with Gasteiger partial charge in [0.05, 0.1) is 19.8 Å². The topological polar surface area (TPSA) is 41.5 Å². The van der Waals surface area contributed by atoms with Crippen molar-refractivity contribution in [2.45, 2.75) is 26.6 Å². The van der Waals surface area contributed by atoms with Crippen molar-refractivity contribution in [3.63, 3.8) is 0 Å². The molecule has 0 aliphatic carbocycles. The Hall–Kier alpha value is -1.14. The summed E-state index contributed by atoms with van der Waals surface area (Å²) in [6.45, 7) is 11.2. The van der Waals surface area contributed by atoms with Gasteiger partial charge in [0.2, 0.25) is 0 Å². The second-order valence-electron chi connectivity index (χ2n) is 4.96. The summed E-state index contributed by atoms with van der Waals surface area (Å²) in [6.07, 6.45) is 1.28. The Labute approximate surface area is 133 Å². The third-order valence-corrected chi connectivity index (χ3v) is 3.23. The van der Waals surface area contributed by atoms with Crippen LogP contribution in [0.1, 0.15) is 19.4 Å². The smallest absolute Gasteiger partial charge is 0.875 e. The van der Waals surface area contributed by atoms with Crippen LogP contribution >= 0.6 is 0 Å². The molecule has 20 heavy (non-hydrogen) atoms. The first-order valence-corrected chi connectivity index (χ1v) is 6.15. The van der Waals surface area contributed by atoms with E-state index in [1.165, 1.54) is 0 Å². The van der Waals surface area contributed by atoms with E-state index in [4.69, 9.17) is 9.47 Å². The number of methoxy groups -OCH3 is 1. The Balaban J connectivity index is 0.00000361. The average molecular weight is 268 g/mol. The van der Waals surface area contributed by atoms with E-state index in [1.54, 1.807) is 13.2 Å². The largest absolute Gasteiger partial charge is 1.00 e. The van der Waals surface area contributed by atoms with Crippen molar-refractivity contribution in [2.75, 3.05) is 7.11 Å². The van der Waals surface area contributed by atoms with Crippen LogP contribution in [0.5, 0.6) is 5.75 Å². The Morgan fingerprint density at radius 2 is 1.90 bits per heavy atom. The van der Waals surface area contributed by atoms with Crippen molar-refractivity contribution in [3.8, 4) is 5.75 Å². The van der Waals surface area contributed by atoms with E-state index < -0.39 is 5.41 Å². The first-order valence-electron chi connectivity index (χ1n) is 6.15. The summed E-state index contributed by atoms with van der Waals surface area (Å²) in [5, 5.41) is 11.5. The standard InChI is InChI=1S/C16H22O3.Li/c1-6-15(16(3,4)12(2)17)19-11-13-7-9-14(18-5)10-8-13;/h6-10,15,17H,1-2,11H2,3-5H3;/q;+1/p-1/t15-;/m0./s1. The van der Waals surface area contributed by atoms with E-state index in [1.807, 2.05) is 38.1 Å². The van der Waals surface area contributed by atoms with Gasteiger partial charge in [-0.3, -0.25) is 0 Å². The Bertz CT molecular complexity index is 438. The Kier molecular flexibility index (Phi) is 7.74. The maximum atomic E-state index is 11.5. The van der Waals surface area contributed by atoms with E-state index in [0.29, 0.717) is 6.61 Å². The van der Waals surface area contributed by atoms with E-state index in [2.05, 4.69) is 13.2 Å². The number of ether oxygens (including phenoxy) is 2. The van der Waals surface area contributed by atoms with Gasteiger partial charge in [-0.2, -0.15) is 0 Å². The molecule has 3 nitrogen and oxygen atoms in total. The van der Waals surface area contributed by atoms with Gasteiger partial charge in [0.1, 0.15) is 5.75 Å². The van der Waals surface area contributed by atoms with E-state index in [9.17, 15) is 5.11 Å². The maximum Gasteiger partial charge on any atom is 1.00 e. The zero-order valence-electron chi connectivity index (χ0n) is 12.8. The fourth-order valence-corrected chi connectivity index (χ4v) is 1.64. The second-order valence-corrected chi connectivity index (χ2v) is 4.96. The summed E-state index contributed by atoms with van der Waals surface area (Å²) in [5.41, 5.74) is 0.341. The molecule has 4 heteroatoms. The van der Waals surface area contributed by atoms with E-state index in [-0.39, 0.29) is 30.7 Å².